The lowest BCUT2D eigenvalue weighted by molar-refractivity contribution is -0.122. The minimum Gasteiger partial charge on any atom is -0.369 e. The van der Waals surface area contributed by atoms with Gasteiger partial charge >= 0.3 is 0 Å². The Hall–Kier alpha value is -2.09. The van der Waals surface area contributed by atoms with E-state index in [-0.39, 0.29) is 23.8 Å². The van der Waals surface area contributed by atoms with Crippen LogP contribution >= 0.6 is 0 Å². The van der Waals surface area contributed by atoms with Gasteiger partial charge in [0.25, 0.3) is 0 Å². The van der Waals surface area contributed by atoms with Crippen molar-refractivity contribution in [3.63, 3.8) is 0 Å². The Kier molecular flexibility index (Phi) is 3.70. The van der Waals surface area contributed by atoms with Gasteiger partial charge in [-0.2, -0.15) is 9.97 Å². The zero-order valence-electron chi connectivity index (χ0n) is 10.8. The van der Waals surface area contributed by atoms with Crippen molar-refractivity contribution < 1.29 is 4.79 Å². The third-order valence-electron chi connectivity index (χ3n) is 3.46. The van der Waals surface area contributed by atoms with Crippen LogP contribution in [-0.4, -0.2) is 28.5 Å². The number of aromatic nitrogens is 2. The third-order valence-corrected chi connectivity index (χ3v) is 3.46. The van der Waals surface area contributed by atoms with Gasteiger partial charge in [-0.15, -0.1) is 0 Å². The molecule has 0 aromatic carbocycles. The van der Waals surface area contributed by atoms with Crippen molar-refractivity contribution in [1.82, 2.24) is 9.97 Å². The number of nitrogens with zero attached hydrogens (tertiary/aromatic N) is 3. The Morgan fingerprint density at radius 1 is 1.47 bits per heavy atom. The summed E-state index contributed by atoms with van der Waals surface area (Å²) in [7, 11) is 0. The van der Waals surface area contributed by atoms with Gasteiger partial charge in [0.15, 0.2) is 0 Å². The smallest absolute Gasteiger partial charge is 0.223 e. The molecule has 1 fully saturated rings. The van der Waals surface area contributed by atoms with E-state index in [9.17, 15) is 4.79 Å². The number of rotatable bonds is 3. The number of carbonyl (C=O) groups is 1. The molecular formula is C11H19N7O. The molecule has 0 radical (unpaired) electrons. The van der Waals surface area contributed by atoms with Gasteiger partial charge in [-0.3, -0.25) is 4.79 Å². The highest BCUT2D eigenvalue weighted by molar-refractivity contribution is 5.77. The monoisotopic (exact) mass is 265 g/mol. The van der Waals surface area contributed by atoms with Crippen molar-refractivity contribution in [3.8, 4) is 0 Å². The standard InChI is InChI=1S/C11H19N7O/c1-6-2-3-7(10(12)19)5-18(6)9-4-8(17-14)15-11(13)16-9/h4,6-7H,2-3,5,14H2,1H3,(H2,12,19)(H3,13,15,16,17). The van der Waals surface area contributed by atoms with Crippen molar-refractivity contribution in [1.29, 1.82) is 0 Å². The van der Waals surface area contributed by atoms with E-state index >= 15 is 0 Å². The number of amides is 1. The lowest BCUT2D eigenvalue weighted by Gasteiger charge is -2.37. The average Bonchev–Trinajstić information content (AvgIpc) is 2.38. The van der Waals surface area contributed by atoms with E-state index in [2.05, 4.69) is 22.3 Å². The summed E-state index contributed by atoms with van der Waals surface area (Å²) in [6, 6.07) is 1.96. The molecule has 8 nitrogen and oxygen atoms in total. The zero-order valence-corrected chi connectivity index (χ0v) is 10.8. The molecule has 8 heteroatoms. The molecule has 7 N–H and O–H groups in total. The van der Waals surface area contributed by atoms with Crippen molar-refractivity contribution in [2.75, 3.05) is 22.6 Å². The number of hydrogen-bond acceptors (Lipinski definition) is 7. The fourth-order valence-electron chi connectivity index (χ4n) is 2.33. The second-order valence-corrected chi connectivity index (χ2v) is 4.79. The van der Waals surface area contributed by atoms with Crippen LogP contribution in [0.4, 0.5) is 17.6 Å². The fourth-order valence-corrected chi connectivity index (χ4v) is 2.33. The summed E-state index contributed by atoms with van der Waals surface area (Å²) in [5.41, 5.74) is 13.5. The molecule has 2 atom stereocenters. The van der Waals surface area contributed by atoms with Gasteiger partial charge in [0.1, 0.15) is 11.6 Å². The molecule has 2 unspecified atom stereocenters. The molecule has 1 amide bonds. The summed E-state index contributed by atoms with van der Waals surface area (Å²) in [6.07, 6.45) is 1.68. The maximum absolute atomic E-state index is 11.3. The van der Waals surface area contributed by atoms with Gasteiger partial charge < -0.3 is 21.8 Å². The number of nitrogens with two attached hydrogens (primary N) is 3. The van der Waals surface area contributed by atoms with E-state index < -0.39 is 0 Å². The normalized spacial score (nSPS) is 23.2. The summed E-state index contributed by atoms with van der Waals surface area (Å²) in [6.45, 7) is 2.61. The molecule has 2 heterocycles. The Balaban J connectivity index is 2.27. The van der Waals surface area contributed by atoms with E-state index in [1.165, 1.54) is 0 Å². The van der Waals surface area contributed by atoms with Crippen LogP contribution in [-0.2, 0) is 4.79 Å². The van der Waals surface area contributed by atoms with Crippen molar-refractivity contribution >= 4 is 23.5 Å². The first-order valence-electron chi connectivity index (χ1n) is 6.18. The highest BCUT2D eigenvalue weighted by Crippen LogP contribution is 2.27. The molecule has 0 spiro atoms. The summed E-state index contributed by atoms with van der Waals surface area (Å²) in [4.78, 5) is 21.5. The van der Waals surface area contributed by atoms with E-state index in [1.54, 1.807) is 6.07 Å². The van der Waals surface area contributed by atoms with Gasteiger partial charge in [-0.25, -0.2) is 5.84 Å². The van der Waals surface area contributed by atoms with Crippen LogP contribution in [0.25, 0.3) is 0 Å². The largest absolute Gasteiger partial charge is 0.369 e. The zero-order chi connectivity index (χ0) is 14.0. The number of hydrazine groups is 1. The minimum atomic E-state index is -0.281. The first-order chi connectivity index (χ1) is 9.01. The number of anilines is 3. The van der Waals surface area contributed by atoms with Crippen LogP contribution in [0, 0.1) is 5.92 Å². The summed E-state index contributed by atoms with van der Waals surface area (Å²) < 4.78 is 0. The lowest BCUT2D eigenvalue weighted by Crippen LogP contribution is -2.46. The van der Waals surface area contributed by atoms with E-state index in [0.29, 0.717) is 18.2 Å². The molecular weight excluding hydrogens is 246 g/mol. The second-order valence-electron chi connectivity index (χ2n) is 4.79. The molecule has 19 heavy (non-hydrogen) atoms. The molecule has 1 saturated heterocycles. The lowest BCUT2D eigenvalue weighted by atomic mass is 9.93. The number of nitrogens with one attached hydrogen (secondary N) is 1. The molecule has 104 valence electrons. The van der Waals surface area contributed by atoms with Crippen LogP contribution in [0.3, 0.4) is 0 Å². The number of hydrogen-bond donors (Lipinski definition) is 4. The van der Waals surface area contributed by atoms with Crippen LogP contribution in [0.5, 0.6) is 0 Å². The van der Waals surface area contributed by atoms with Crippen LogP contribution in [0.1, 0.15) is 19.8 Å². The highest BCUT2D eigenvalue weighted by atomic mass is 16.1. The quantitative estimate of drug-likeness (QED) is 0.424. The Labute approximate surface area is 111 Å². The topological polar surface area (TPSA) is 136 Å². The molecule has 1 aromatic rings. The highest BCUT2D eigenvalue weighted by Gasteiger charge is 2.29. The summed E-state index contributed by atoms with van der Waals surface area (Å²) in [5.74, 6) is 6.12. The van der Waals surface area contributed by atoms with Gasteiger partial charge in [-0.05, 0) is 19.8 Å². The number of carbonyl (C=O) groups excluding carboxylic acids is 1. The first-order valence-corrected chi connectivity index (χ1v) is 6.18. The van der Waals surface area contributed by atoms with Gasteiger partial charge in [0, 0.05) is 18.7 Å². The Bertz CT molecular complexity index is 478. The first kappa shape index (κ1) is 13.3. The predicted octanol–water partition coefficient (Wildman–Crippen LogP) is -0.565. The van der Waals surface area contributed by atoms with Crippen LogP contribution in [0.15, 0.2) is 6.07 Å². The van der Waals surface area contributed by atoms with Crippen LogP contribution in [0.2, 0.25) is 0 Å². The maximum Gasteiger partial charge on any atom is 0.223 e. The average molecular weight is 265 g/mol. The second kappa shape index (κ2) is 5.27. The van der Waals surface area contributed by atoms with Crippen molar-refractivity contribution in [3.05, 3.63) is 6.07 Å². The predicted molar refractivity (Wildman–Crippen MR) is 73.0 cm³/mol. The summed E-state index contributed by atoms with van der Waals surface area (Å²) in [5, 5.41) is 0. The Morgan fingerprint density at radius 3 is 2.84 bits per heavy atom. The van der Waals surface area contributed by atoms with Crippen molar-refractivity contribution in [2.45, 2.75) is 25.8 Å². The van der Waals surface area contributed by atoms with E-state index in [4.69, 9.17) is 17.3 Å². The third kappa shape index (κ3) is 2.84. The van der Waals surface area contributed by atoms with E-state index in [0.717, 1.165) is 12.8 Å². The number of primary amides is 1. The van der Waals surface area contributed by atoms with Crippen LogP contribution < -0.4 is 27.6 Å². The van der Waals surface area contributed by atoms with Gasteiger partial charge in [-0.1, -0.05) is 0 Å². The van der Waals surface area contributed by atoms with Crippen molar-refractivity contribution in [2.24, 2.45) is 17.5 Å². The number of nitrogen functional groups attached to an aromatic ring is 2. The SMILES string of the molecule is CC1CCC(C(N)=O)CN1c1cc(NN)nc(N)n1. The molecule has 1 aliphatic heterocycles. The molecule has 0 aliphatic carbocycles. The maximum atomic E-state index is 11.3. The molecule has 0 bridgehead atoms. The van der Waals surface area contributed by atoms with Gasteiger partial charge in [0.2, 0.25) is 11.9 Å². The van der Waals surface area contributed by atoms with E-state index in [1.807, 2.05) is 4.90 Å². The fraction of sp³-hybridized carbons (Fsp3) is 0.545. The van der Waals surface area contributed by atoms with Gasteiger partial charge in [0.05, 0.1) is 5.92 Å². The molecule has 1 aliphatic rings. The molecule has 2 rings (SSSR count). The Morgan fingerprint density at radius 2 is 2.21 bits per heavy atom. The molecule has 1 aromatic heterocycles. The molecule has 0 saturated carbocycles. The summed E-state index contributed by atoms with van der Waals surface area (Å²) >= 11 is 0. The number of piperidine rings is 1. The minimum absolute atomic E-state index is 0.138.